The second-order valence-electron chi connectivity index (χ2n) is 6.78. The molecule has 2 heteroatoms. The summed E-state index contributed by atoms with van der Waals surface area (Å²) in [4.78, 5) is 2.63. The van der Waals surface area contributed by atoms with Crippen molar-refractivity contribution < 1.29 is 0 Å². The minimum Gasteiger partial charge on any atom is -0.311 e. The van der Waals surface area contributed by atoms with Crippen LogP contribution in [0.5, 0.6) is 0 Å². The molecule has 0 amide bonds. The monoisotopic (exact) mass is 272 g/mol. The SMILES string of the molecule is CC(C)N1CCCC(NC2CC2c2ccccc2)CC1. The first-order valence-corrected chi connectivity index (χ1v) is 8.29. The number of hydrogen-bond donors (Lipinski definition) is 1. The fourth-order valence-electron chi connectivity index (χ4n) is 3.55. The van der Waals surface area contributed by atoms with Crippen LogP contribution in [0.25, 0.3) is 0 Å². The van der Waals surface area contributed by atoms with Crippen LogP contribution in [0, 0.1) is 0 Å². The van der Waals surface area contributed by atoms with Gasteiger partial charge in [-0.3, -0.25) is 0 Å². The lowest BCUT2D eigenvalue weighted by molar-refractivity contribution is 0.229. The van der Waals surface area contributed by atoms with Gasteiger partial charge < -0.3 is 10.2 Å². The Balaban J connectivity index is 1.48. The first-order valence-electron chi connectivity index (χ1n) is 8.29. The molecule has 20 heavy (non-hydrogen) atoms. The van der Waals surface area contributed by atoms with Crippen molar-refractivity contribution in [2.75, 3.05) is 13.1 Å². The van der Waals surface area contributed by atoms with Crippen LogP contribution in [-0.2, 0) is 0 Å². The summed E-state index contributed by atoms with van der Waals surface area (Å²) in [6, 6.07) is 13.2. The molecule has 1 heterocycles. The van der Waals surface area contributed by atoms with Crippen molar-refractivity contribution in [1.82, 2.24) is 10.2 Å². The molecule has 1 N–H and O–H groups in total. The molecule has 1 aliphatic carbocycles. The third kappa shape index (κ3) is 3.42. The van der Waals surface area contributed by atoms with E-state index < -0.39 is 0 Å². The van der Waals surface area contributed by atoms with Gasteiger partial charge in [0.15, 0.2) is 0 Å². The van der Waals surface area contributed by atoms with Gasteiger partial charge in [-0.05, 0) is 58.2 Å². The maximum atomic E-state index is 3.91. The van der Waals surface area contributed by atoms with E-state index in [2.05, 4.69) is 54.4 Å². The normalized spacial score (nSPS) is 31.2. The summed E-state index contributed by atoms with van der Waals surface area (Å²) < 4.78 is 0. The van der Waals surface area contributed by atoms with Gasteiger partial charge in [0.25, 0.3) is 0 Å². The van der Waals surface area contributed by atoms with Crippen LogP contribution in [0.2, 0.25) is 0 Å². The van der Waals surface area contributed by atoms with Gasteiger partial charge in [0, 0.05) is 24.0 Å². The molecule has 2 aliphatic rings. The molecule has 1 saturated carbocycles. The van der Waals surface area contributed by atoms with Gasteiger partial charge >= 0.3 is 0 Å². The first kappa shape index (κ1) is 14.1. The number of likely N-dealkylation sites (tertiary alicyclic amines) is 1. The fraction of sp³-hybridized carbons (Fsp3) is 0.667. The largest absolute Gasteiger partial charge is 0.311 e. The van der Waals surface area contributed by atoms with Crippen LogP contribution in [0.1, 0.15) is 51.0 Å². The van der Waals surface area contributed by atoms with E-state index in [4.69, 9.17) is 0 Å². The fourth-order valence-corrected chi connectivity index (χ4v) is 3.55. The highest BCUT2D eigenvalue weighted by atomic mass is 15.2. The van der Waals surface area contributed by atoms with Crippen molar-refractivity contribution in [3.8, 4) is 0 Å². The van der Waals surface area contributed by atoms with Crippen LogP contribution in [-0.4, -0.2) is 36.1 Å². The molecule has 1 saturated heterocycles. The lowest BCUT2D eigenvalue weighted by Crippen LogP contribution is -2.35. The van der Waals surface area contributed by atoms with Crippen molar-refractivity contribution >= 4 is 0 Å². The second-order valence-corrected chi connectivity index (χ2v) is 6.78. The van der Waals surface area contributed by atoms with Crippen molar-refractivity contribution in [3.63, 3.8) is 0 Å². The van der Waals surface area contributed by atoms with Crippen molar-refractivity contribution in [1.29, 1.82) is 0 Å². The van der Waals surface area contributed by atoms with E-state index in [0.717, 1.165) is 18.0 Å². The maximum absolute atomic E-state index is 3.91. The summed E-state index contributed by atoms with van der Waals surface area (Å²) in [6.45, 7) is 7.18. The lowest BCUT2D eigenvalue weighted by Gasteiger charge is -2.24. The summed E-state index contributed by atoms with van der Waals surface area (Å²) in [6.07, 6.45) is 5.34. The van der Waals surface area contributed by atoms with Gasteiger partial charge in [0.2, 0.25) is 0 Å². The molecule has 110 valence electrons. The zero-order valence-electron chi connectivity index (χ0n) is 12.9. The minimum absolute atomic E-state index is 0.701. The predicted octanol–water partition coefficient (Wildman–Crippen LogP) is 3.40. The molecule has 3 unspecified atom stereocenters. The van der Waals surface area contributed by atoms with Gasteiger partial charge in [-0.15, -0.1) is 0 Å². The first-order chi connectivity index (χ1) is 9.74. The third-order valence-corrected chi connectivity index (χ3v) is 4.96. The Bertz CT molecular complexity index is 415. The lowest BCUT2D eigenvalue weighted by atomic mass is 10.1. The van der Waals surface area contributed by atoms with Crippen molar-refractivity contribution in [2.24, 2.45) is 0 Å². The third-order valence-electron chi connectivity index (χ3n) is 4.96. The number of nitrogens with one attached hydrogen (secondary N) is 1. The number of nitrogens with zero attached hydrogens (tertiary/aromatic N) is 1. The average Bonchev–Trinajstić information content (AvgIpc) is 3.24. The van der Waals surface area contributed by atoms with Gasteiger partial charge in [-0.2, -0.15) is 0 Å². The zero-order chi connectivity index (χ0) is 13.9. The Morgan fingerprint density at radius 2 is 1.90 bits per heavy atom. The smallest absolute Gasteiger partial charge is 0.0145 e. The molecule has 2 fully saturated rings. The molecular formula is C18H28N2. The highest BCUT2D eigenvalue weighted by molar-refractivity contribution is 5.27. The molecule has 1 aliphatic heterocycles. The maximum Gasteiger partial charge on any atom is 0.0145 e. The molecule has 2 nitrogen and oxygen atoms in total. The minimum atomic E-state index is 0.701. The Labute approximate surface area is 123 Å². The van der Waals surface area contributed by atoms with E-state index in [1.54, 1.807) is 0 Å². The number of rotatable bonds is 4. The van der Waals surface area contributed by atoms with Crippen LogP contribution >= 0.6 is 0 Å². The Morgan fingerprint density at radius 3 is 2.65 bits per heavy atom. The van der Waals surface area contributed by atoms with Crippen molar-refractivity contribution in [3.05, 3.63) is 35.9 Å². The molecule has 1 aromatic carbocycles. The average molecular weight is 272 g/mol. The number of hydrogen-bond acceptors (Lipinski definition) is 2. The highest BCUT2D eigenvalue weighted by Gasteiger charge is 2.39. The highest BCUT2D eigenvalue weighted by Crippen LogP contribution is 2.41. The molecule has 3 rings (SSSR count). The molecule has 3 atom stereocenters. The summed E-state index contributed by atoms with van der Waals surface area (Å²) in [5.41, 5.74) is 1.52. The van der Waals surface area contributed by atoms with E-state index in [9.17, 15) is 0 Å². The standard InChI is InChI=1S/C18H28N2/c1-14(2)20-11-6-9-16(10-12-20)19-18-13-17(18)15-7-4-3-5-8-15/h3-5,7-8,14,16-19H,6,9-13H2,1-2H3. The molecule has 0 aromatic heterocycles. The van der Waals surface area contributed by atoms with Gasteiger partial charge in [0.1, 0.15) is 0 Å². The van der Waals surface area contributed by atoms with E-state index >= 15 is 0 Å². The van der Waals surface area contributed by atoms with Crippen molar-refractivity contribution in [2.45, 2.75) is 63.6 Å². The molecule has 0 radical (unpaired) electrons. The molecule has 0 bridgehead atoms. The van der Waals surface area contributed by atoms with Crippen LogP contribution in [0.4, 0.5) is 0 Å². The van der Waals surface area contributed by atoms with Crippen LogP contribution in [0.15, 0.2) is 30.3 Å². The van der Waals surface area contributed by atoms with Gasteiger partial charge in [0.05, 0.1) is 0 Å². The summed E-state index contributed by atoms with van der Waals surface area (Å²) in [5.74, 6) is 0.764. The van der Waals surface area contributed by atoms with Gasteiger partial charge in [-0.25, -0.2) is 0 Å². The topological polar surface area (TPSA) is 15.3 Å². The predicted molar refractivity (Wildman–Crippen MR) is 85.1 cm³/mol. The Morgan fingerprint density at radius 1 is 1.10 bits per heavy atom. The van der Waals surface area contributed by atoms with E-state index in [-0.39, 0.29) is 0 Å². The van der Waals surface area contributed by atoms with Crippen LogP contribution < -0.4 is 5.32 Å². The Kier molecular flexibility index (Phi) is 4.42. The molecule has 1 aromatic rings. The summed E-state index contributed by atoms with van der Waals surface area (Å²) in [5, 5.41) is 3.91. The second kappa shape index (κ2) is 6.28. The van der Waals surface area contributed by atoms with Gasteiger partial charge in [-0.1, -0.05) is 30.3 Å². The quantitative estimate of drug-likeness (QED) is 0.904. The molecular weight excluding hydrogens is 244 g/mol. The van der Waals surface area contributed by atoms with E-state index in [0.29, 0.717) is 6.04 Å². The summed E-state index contributed by atoms with van der Waals surface area (Å²) in [7, 11) is 0. The molecule has 0 spiro atoms. The zero-order valence-corrected chi connectivity index (χ0v) is 12.9. The number of benzene rings is 1. The van der Waals surface area contributed by atoms with Crippen LogP contribution in [0.3, 0.4) is 0 Å². The summed E-state index contributed by atoms with van der Waals surface area (Å²) >= 11 is 0. The van der Waals surface area contributed by atoms with E-state index in [1.165, 1.54) is 44.3 Å². The Hall–Kier alpha value is -0.860. The van der Waals surface area contributed by atoms with E-state index in [1.807, 2.05) is 0 Å².